The second-order valence-electron chi connectivity index (χ2n) is 3.88. The van der Waals surface area contributed by atoms with Gasteiger partial charge in [0, 0.05) is 12.2 Å². The topological polar surface area (TPSA) is 80.9 Å². The SMILES string of the molecule is Nc1cccc(CCNC(=O)c2ccnnc2)c1. The molecule has 5 heteroatoms. The highest BCUT2D eigenvalue weighted by molar-refractivity contribution is 5.93. The number of anilines is 1. The minimum absolute atomic E-state index is 0.145. The molecule has 92 valence electrons. The molecular weight excluding hydrogens is 228 g/mol. The number of carbonyl (C=O) groups is 1. The fourth-order valence-corrected chi connectivity index (χ4v) is 1.60. The summed E-state index contributed by atoms with van der Waals surface area (Å²) in [6, 6.07) is 9.25. The third-order valence-corrected chi connectivity index (χ3v) is 2.50. The molecule has 0 atom stereocenters. The molecule has 0 aliphatic rings. The molecule has 0 fully saturated rings. The normalized spacial score (nSPS) is 10.0. The van der Waals surface area contributed by atoms with Crippen molar-refractivity contribution in [2.45, 2.75) is 6.42 Å². The Bertz CT molecular complexity index is 528. The maximum absolute atomic E-state index is 11.7. The van der Waals surface area contributed by atoms with E-state index >= 15 is 0 Å². The second-order valence-corrected chi connectivity index (χ2v) is 3.88. The van der Waals surface area contributed by atoms with Gasteiger partial charge in [-0.3, -0.25) is 4.79 Å². The van der Waals surface area contributed by atoms with Gasteiger partial charge in [-0.25, -0.2) is 0 Å². The Labute approximate surface area is 105 Å². The molecule has 0 aliphatic carbocycles. The molecule has 1 aromatic heterocycles. The molecule has 3 N–H and O–H groups in total. The summed E-state index contributed by atoms with van der Waals surface area (Å²) in [5.41, 5.74) is 8.02. The maximum Gasteiger partial charge on any atom is 0.252 e. The van der Waals surface area contributed by atoms with Gasteiger partial charge in [-0.1, -0.05) is 12.1 Å². The van der Waals surface area contributed by atoms with Crippen LogP contribution < -0.4 is 11.1 Å². The average Bonchev–Trinajstić information content (AvgIpc) is 2.40. The van der Waals surface area contributed by atoms with Gasteiger partial charge < -0.3 is 11.1 Å². The lowest BCUT2D eigenvalue weighted by Gasteiger charge is -2.05. The molecular formula is C13H14N4O. The van der Waals surface area contributed by atoms with E-state index in [9.17, 15) is 4.79 Å². The summed E-state index contributed by atoms with van der Waals surface area (Å²) in [5, 5.41) is 10.1. The van der Waals surface area contributed by atoms with Crippen molar-refractivity contribution in [3.63, 3.8) is 0 Å². The number of benzene rings is 1. The van der Waals surface area contributed by atoms with Crippen LogP contribution in [0.1, 0.15) is 15.9 Å². The Morgan fingerprint density at radius 3 is 2.89 bits per heavy atom. The first-order chi connectivity index (χ1) is 8.75. The molecule has 18 heavy (non-hydrogen) atoms. The van der Waals surface area contributed by atoms with Crippen molar-refractivity contribution in [3.8, 4) is 0 Å². The number of carbonyl (C=O) groups excluding carboxylic acids is 1. The van der Waals surface area contributed by atoms with Gasteiger partial charge in [0.05, 0.1) is 18.0 Å². The second kappa shape index (κ2) is 5.77. The summed E-state index contributed by atoms with van der Waals surface area (Å²) in [7, 11) is 0. The van der Waals surface area contributed by atoms with Crippen LogP contribution in [0.15, 0.2) is 42.7 Å². The van der Waals surface area contributed by atoms with Crippen molar-refractivity contribution in [3.05, 3.63) is 53.9 Å². The van der Waals surface area contributed by atoms with Crippen molar-refractivity contribution < 1.29 is 4.79 Å². The van der Waals surface area contributed by atoms with Crippen molar-refractivity contribution >= 4 is 11.6 Å². The molecule has 1 heterocycles. The highest BCUT2D eigenvalue weighted by atomic mass is 16.1. The minimum Gasteiger partial charge on any atom is -0.399 e. The van der Waals surface area contributed by atoms with Gasteiger partial charge in [-0.15, -0.1) is 0 Å². The Kier molecular flexibility index (Phi) is 3.86. The summed E-state index contributed by atoms with van der Waals surface area (Å²) >= 11 is 0. The van der Waals surface area contributed by atoms with Gasteiger partial charge in [0.1, 0.15) is 0 Å². The van der Waals surface area contributed by atoms with Crippen LogP contribution in [0.5, 0.6) is 0 Å². The third-order valence-electron chi connectivity index (χ3n) is 2.50. The monoisotopic (exact) mass is 242 g/mol. The van der Waals surface area contributed by atoms with E-state index in [1.165, 1.54) is 12.4 Å². The highest BCUT2D eigenvalue weighted by Crippen LogP contribution is 2.06. The fourth-order valence-electron chi connectivity index (χ4n) is 1.60. The summed E-state index contributed by atoms with van der Waals surface area (Å²) in [5.74, 6) is -0.145. The van der Waals surface area contributed by atoms with Crippen LogP contribution in [-0.4, -0.2) is 22.6 Å². The smallest absolute Gasteiger partial charge is 0.252 e. The Balaban J connectivity index is 1.84. The van der Waals surface area contributed by atoms with Gasteiger partial charge in [-0.2, -0.15) is 10.2 Å². The average molecular weight is 242 g/mol. The van der Waals surface area contributed by atoms with Crippen molar-refractivity contribution in [2.24, 2.45) is 0 Å². The number of nitrogen functional groups attached to an aromatic ring is 1. The van der Waals surface area contributed by atoms with Crippen LogP contribution >= 0.6 is 0 Å². The molecule has 0 unspecified atom stereocenters. The number of nitrogens with one attached hydrogen (secondary N) is 1. The van der Waals surface area contributed by atoms with Crippen LogP contribution in [0.4, 0.5) is 5.69 Å². The maximum atomic E-state index is 11.7. The molecule has 0 saturated heterocycles. The van der Waals surface area contributed by atoms with Crippen LogP contribution in [0.3, 0.4) is 0 Å². The van der Waals surface area contributed by atoms with Gasteiger partial charge >= 0.3 is 0 Å². The number of aromatic nitrogens is 2. The molecule has 2 rings (SSSR count). The number of hydrogen-bond acceptors (Lipinski definition) is 4. The van der Waals surface area contributed by atoms with Crippen LogP contribution in [0, 0.1) is 0 Å². The largest absolute Gasteiger partial charge is 0.399 e. The summed E-state index contributed by atoms with van der Waals surface area (Å²) in [4.78, 5) is 11.7. The van der Waals surface area contributed by atoms with Gasteiger partial charge in [0.2, 0.25) is 0 Å². The number of rotatable bonds is 4. The molecule has 0 aliphatic heterocycles. The zero-order valence-electron chi connectivity index (χ0n) is 9.84. The highest BCUT2D eigenvalue weighted by Gasteiger charge is 2.04. The van der Waals surface area contributed by atoms with Crippen molar-refractivity contribution in [1.29, 1.82) is 0 Å². The Hall–Kier alpha value is -2.43. The van der Waals surface area contributed by atoms with Gasteiger partial charge in [0.25, 0.3) is 5.91 Å². The zero-order valence-corrected chi connectivity index (χ0v) is 9.84. The number of nitrogens with zero attached hydrogens (tertiary/aromatic N) is 2. The molecule has 2 aromatic rings. The quantitative estimate of drug-likeness (QED) is 0.785. The molecule has 0 saturated carbocycles. The number of amides is 1. The Morgan fingerprint density at radius 2 is 2.17 bits per heavy atom. The standard InChI is InChI=1S/C13H14N4O/c14-12-3-1-2-10(8-12)4-6-15-13(18)11-5-7-16-17-9-11/h1-3,5,7-9H,4,6,14H2,(H,15,18). The predicted molar refractivity (Wildman–Crippen MR) is 68.9 cm³/mol. The van der Waals surface area contributed by atoms with Crippen LogP contribution in [0.25, 0.3) is 0 Å². The molecule has 5 nitrogen and oxygen atoms in total. The van der Waals surface area contributed by atoms with Crippen LogP contribution in [0.2, 0.25) is 0 Å². The lowest BCUT2D eigenvalue weighted by Crippen LogP contribution is -2.25. The van der Waals surface area contributed by atoms with Crippen LogP contribution in [-0.2, 0) is 6.42 Å². The van der Waals surface area contributed by atoms with E-state index in [0.29, 0.717) is 12.1 Å². The predicted octanol–water partition coefficient (Wildman–Crippen LogP) is 1.03. The minimum atomic E-state index is -0.145. The molecule has 0 radical (unpaired) electrons. The third kappa shape index (κ3) is 3.28. The first-order valence-electron chi connectivity index (χ1n) is 5.65. The molecule has 0 bridgehead atoms. The van der Waals surface area contributed by atoms with E-state index in [0.717, 1.165) is 17.7 Å². The first kappa shape index (κ1) is 12.0. The van der Waals surface area contributed by atoms with E-state index in [4.69, 9.17) is 5.73 Å². The fraction of sp³-hybridized carbons (Fsp3) is 0.154. The van der Waals surface area contributed by atoms with E-state index in [1.54, 1.807) is 6.07 Å². The lowest BCUT2D eigenvalue weighted by atomic mass is 10.1. The molecule has 1 aromatic carbocycles. The first-order valence-corrected chi connectivity index (χ1v) is 5.65. The lowest BCUT2D eigenvalue weighted by molar-refractivity contribution is 0.0953. The van der Waals surface area contributed by atoms with E-state index in [1.807, 2.05) is 24.3 Å². The van der Waals surface area contributed by atoms with Gasteiger partial charge in [0.15, 0.2) is 0 Å². The number of hydrogen-bond donors (Lipinski definition) is 2. The summed E-state index contributed by atoms with van der Waals surface area (Å²) in [6.45, 7) is 0.560. The molecule has 0 spiro atoms. The molecule has 1 amide bonds. The summed E-state index contributed by atoms with van der Waals surface area (Å²) < 4.78 is 0. The summed E-state index contributed by atoms with van der Waals surface area (Å²) in [6.07, 6.45) is 3.68. The Morgan fingerprint density at radius 1 is 1.28 bits per heavy atom. The number of nitrogens with two attached hydrogens (primary N) is 1. The van der Waals surface area contributed by atoms with Crippen molar-refractivity contribution in [1.82, 2.24) is 15.5 Å². The van der Waals surface area contributed by atoms with E-state index in [-0.39, 0.29) is 5.91 Å². The van der Waals surface area contributed by atoms with E-state index < -0.39 is 0 Å². The zero-order chi connectivity index (χ0) is 12.8. The van der Waals surface area contributed by atoms with Crippen molar-refractivity contribution in [2.75, 3.05) is 12.3 Å². The van der Waals surface area contributed by atoms with E-state index in [2.05, 4.69) is 15.5 Å². The van der Waals surface area contributed by atoms with Gasteiger partial charge in [-0.05, 0) is 30.2 Å².